The van der Waals surface area contributed by atoms with Gasteiger partial charge in [-0.25, -0.2) is 4.68 Å². The molecule has 1 aliphatic heterocycles. The lowest BCUT2D eigenvalue weighted by Crippen LogP contribution is -2.58. The third-order valence-corrected chi connectivity index (χ3v) is 4.60. The Balaban J connectivity index is 1.22. The van der Waals surface area contributed by atoms with Gasteiger partial charge in [0.05, 0.1) is 24.5 Å². The summed E-state index contributed by atoms with van der Waals surface area (Å²) in [7, 11) is 0. The van der Waals surface area contributed by atoms with Crippen LogP contribution in [0.3, 0.4) is 0 Å². The van der Waals surface area contributed by atoms with E-state index in [1.54, 1.807) is 10.9 Å². The van der Waals surface area contributed by atoms with Crippen molar-refractivity contribution in [3.05, 3.63) is 29.8 Å². The molecule has 2 aromatic heterocycles. The molecule has 3 heterocycles. The van der Waals surface area contributed by atoms with Crippen molar-refractivity contribution in [2.45, 2.75) is 51.9 Å². The van der Waals surface area contributed by atoms with Crippen molar-refractivity contribution in [3.63, 3.8) is 0 Å². The van der Waals surface area contributed by atoms with Crippen LogP contribution in [0.4, 0.5) is 0 Å². The Bertz CT molecular complexity index is 740. The molecule has 1 saturated carbocycles. The summed E-state index contributed by atoms with van der Waals surface area (Å²) in [5.74, 6) is 0.468. The average Bonchev–Trinajstić information content (AvgIpc) is 3.09. The topological polar surface area (TPSA) is 80.9 Å². The summed E-state index contributed by atoms with van der Waals surface area (Å²) in [5.41, 5.74) is 1.64. The molecule has 0 atom stereocenters. The van der Waals surface area contributed by atoms with Gasteiger partial charge >= 0.3 is 0 Å². The van der Waals surface area contributed by atoms with E-state index < -0.39 is 0 Å². The van der Waals surface area contributed by atoms with E-state index in [1.165, 1.54) is 5.56 Å². The summed E-state index contributed by atoms with van der Waals surface area (Å²) in [6, 6.07) is 0.633. The van der Waals surface area contributed by atoms with E-state index in [9.17, 15) is 4.79 Å². The number of hydrogen-bond donors (Lipinski definition) is 1. The molecule has 25 heavy (non-hydrogen) atoms. The molecule has 0 unspecified atom stereocenters. The van der Waals surface area contributed by atoms with Crippen LogP contribution in [0.5, 0.6) is 0 Å². The molecule has 2 aromatic rings. The number of carbonyl (C=O) groups is 1. The van der Waals surface area contributed by atoms with Gasteiger partial charge in [-0.05, 0) is 18.8 Å². The van der Waals surface area contributed by atoms with E-state index in [0.29, 0.717) is 17.7 Å². The van der Waals surface area contributed by atoms with Crippen molar-refractivity contribution in [1.82, 2.24) is 35.0 Å². The Labute approximate surface area is 147 Å². The minimum absolute atomic E-state index is 0.124. The van der Waals surface area contributed by atoms with Crippen LogP contribution in [-0.2, 0) is 13.1 Å². The van der Waals surface area contributed by atoms with Gasteiger partial charge in [-0.2, -0.15) is 5.10 Å². The highest BCUT2D eigenvalue weighted by atomic mass is 16.2. The van der Waals surface area contributed by atoms with Crippen LogP contribution in [0, 0.1) is 5.92 Å². The van der Waals surface area contributed by atoms with Crippen LogP contribution >= 0.6 is 0 Å². The predicted molar refractivity (Wildman–Crippen MR) is 91.9 cm³/mol. The number of nitrogens with zero attached hydrogens (tertiary/aromatic N) is 6. The van der Waals surface area contributed by atoms with E-state index in [1.807, 2.05) is 10.9 Å². The van der Waals surface area contributed by atoms with Gasteiger partial charge in [0.1, 0.15) is 0 Å². The summed E-state index contributed by atoms with van der Waals surface area (Å²) >= 11 is 0. The number of nitrogens with one attached hydrogen (secondary N) is 1. The Morgan fingerprint density at radius 3 is 2.84 bits per heavy atom. The number of carbonyl (C=O) groups excluding carboxylic acids is 1. The molecule has 4 rings (SSSR count). The molecule has 0 aromatic carbocycles. The van der Waals surface area contributed by atoms with Gasteiger partial charge in [-0.3, -0.25) is 14.4 Å². The molecule has 1 amide bonds. The van der Waals surface area contributed by atoms with Crippen LogP contribution < -0.4 is 5.32 Å². The Morgan fingerprint density at radius 1 is 1.32 bits per heavy atom. The number of hydrogen-bond acceptors (Lipinski definition) is 5. The molecular formula is C17H25N7O. The Kier molecular flexibility index (Phi) is 4.29. The van der Waals surface area contributed by atoms with Crippen molar-refractivity contribution >= 4 is 5.91 Å². The minimum atomic E-state index is -0.124. The zero-order valence-corrected chi connectivity index (χ0v) is 14.8. The zero-order valence-electron chi connectivity index (χ0n) is 14.8. The highest BCUT2D eigenvalue weighted by Crippen LogP contribution is 2.33. The fraction of sp³-hybridized carbons (Fsp3) is 0.647. The standard InChI is InChI=1S/C17H25N7O/c1-12(2)6-23-8-13(5-18-23)7-22-9-14(10-22)19-17(25)16-11-24(21-20-16)15-3-4-15/h5,8,11-12,14-15H,3-4,6-7,9-10H2,1-2H3,(H,19,25). The lowest BCUT2D eigenvalue weighted by Gasteiger charge is -2.39. The second kappa shape index (κ2) is 6.59. The van der Waals surface area contributed by atoms with Gasteiger partial charge in [-0.1, -0.05) is 19.1 Å². The first-order valence-electron chi connectivity index (χ1n) is 9.03. The second-order valence-corrected chi connectivity index (χ2v) is 7.64. The summed E-state index contributed by atoms with van der Waals surface area (Å²) in [6.07, 6.45) is 8.07. The molecule has 1 N–H and O–H groups in total. The maximum Gasteiger partial charge on any atom is 0.273 e. The molecule has 0 radical (unpaired) electrons. The van der Waals surface area contributed by atoms with Gasteiger partial charge in [-0.15, -0.1) is 5.10 Å². The number of aromatic nitrogens is 5. The van der Waals surface area contributed by atoms with Crippen molar-refractivity contribution < 1.29 is 4.79 Å². The van der Waals surface area contributed by atoms with Crippen molar-refractivity contribution in [3.8, 4) is 0 Å². The summed E-state index contributed by atoms with van der Waals surface area (Å²) in [6.45, 7) is 7.92. The predicted octanol–water partition coefficient (Wildman–Crippen LogP) is 1.08. The molecule has 8 nitrogen and oxygen atoms in total. The maximum atomic E-state index is 12.2. The molecule has 2 fully saturated rings. The van der Waals surface area contributed by atoms with Crippen molar-refractivity contribution in [2.75, 3.05) is 13.1 Å². The fourth-order valence-electron chi connectivity index (χ4n) is 3.17. The van der Waals surface area contributed by atoms with Crippen LogP contribution in [0.1, 0.15) is 48.8 Å². The Hall–Kier alpha value is -2.22. The first-order chi connectivity index (χ1) is 12.1. The second-order valence-electron chi connectivity index (χ2n) is 7.64. The molecule has 134 valence electrons. The van der Waals surface area contributed by atoms with Gasteiger partial charge < -0.3 is 5.32 Å². The van der Waals surface area contributed by atoms with Gasteiger partial charge in [0.25, 0.3) is 5.91 Å². The van der Waals surface area contributed by atoms with E-state index >= 15 is 0 Å². The summed E-state index contributed by atoms with van der Waals surface area (Å²) < 4.78 is 3.80. The highest BCUT2D eigenvalue weighted by molar-refractivity contribution is 5.92. The monoisotopic (exact) mass is 343 g/mol. The quantitative estimate of drug-likeness (QED) is 0.814. The zero-order chi connectivity index (χ0) is 17.4. The number of rotatable bonds is 7. The third-order valence-electron chi connectivity index (χ3n) is 4.60. The van der Waals surface area contributed by atoms with Crippen LogP contribution in [-0.4, -0.2) is 54.7 Å². The van der Waals surface area contributed by atoms with E-state index in [4.69, 9.17) is 0 Å². The van der Waals surface area contributed by atoms with Gasteiger partial charge in [0, 0.05) is 37.9 Å². The molecule has 0 bridgehead atoms. The van der Waals surface area contributed by atoms with Crippen molar-refractivity contribution in [1.29, 1.82) is 0 Å². The largest absolute Gasteiger partial charge is 0.345 e. The third kappa shape index (κ3) is 3.89. The first kappa shape index (κ1) is 16.3. The molecule has 8 heteroatoms. The van der Waals surface area contributed by atoms with Gasteiger partial charge in [0.15, 0.2) is 5.69 Å². The van der Waals surface area contributed by atoms with Crippen LogP contribution in [0.15, 0.2) is 18.6 Å². The summed E-state index contributed by atoms with van der Waals surface area (Å²) in [4.78, 5) is 14.5. The Morgan fingerprint density at radius 2 is 2.12 bits per heavy atom. The molecular weight excluding hydrogens is 318 g/mol. The maximum absolute atomic E-state index is 12.2. The van der Waals surface area contributed by atoms with E-state index in [2.05, 4.69) is 45.7 Å². The smallest absolute Gasteiger partial charge is 0.273 e. The minimum Gasteiger partial charge on any atom is -0.345 e. The highest BCUT2D eigenvalue weighted by Gasteiger charge is 2.30. The van der Waals surface area contributed by atoms with Crippen LogP contribution in [0.2, 0.25) is 0 Å². The number of likely N-dealkylation sites (tertiary alicyclic amines) is 1. The van der Waals surface area contributed by atoms with E-state index in [0.717, 1.165) is 39.0 Å². The molecule has 2 aliphatic rings. The molecule has 1 saturated heterocycles. The average molecular weight is 343 g/mol. The lowest BCUT2D eigenvalue weighted by atomic mass is 10.1. The normalized spacial score (nSPS) is 18.5. The van der Waals surface area contributed by atoms with Gasteiger partial charge in [0.2, 0.25) is 0 Å². The van der Waals surface area contributed by atoms with Crippen LogP contribution in [0.25, 0.3) is 0 Å². The summed E-state index contributed by atoms with van der Waals surface area (Å²) in [5, 5.41) is 15.4. The number of amides is 1. The van der Waals surface area contributed by atoms with E-state index in [-0.39, 0.29) is 11.9 Å². The molecule has 0 spiro atoms. The first-order valence-corrected chi connectivity index (χ1v) is 9.03. The SMILES string of the molecule is CC(C)Cn1cc(CN2CC(NC(=O)c3cn(C4CC4)nn3)C2)cn1. The molecule has 1 aliphatic carbocycles. The lowest BCUT2D eigenvalue weighted by molar-refractivity contribution is 0.0790. The van der Waals surface area contributed by atoms with Crippen molar-refractivity contribution in [2.24, 2.45) is 5.92 Å². The fourth-order valence-corrected chi connectivity index (χ4v) is 3.17.